The molecule has 13 heavy (non-hydrogen) atoms. The molecular weight excluding hydrogens is 275 g/mol. The second kappa shape index (κ2) is 4.99. The topological polar surface area (TPSA) is 17.1 Å². The van der Waals surface area contributed by atoms with Crippen LogP contribution in [0.25, 0.3) is 0 Å². The number of hydrogen-bond donors (Lipinski definition) is 0. The standard InChI is InChI=1S/C9H7BrCl2O/c10-7-3-1-6(2-4-7)5-8(11)9(12)13/h1-4,8H,5H2. The second-order valence-electron chi connectivity index (χ2n) is 2.60. The minimum absolute atomic E-state index is 0.469. The number of carbonyl (C=O) groups excluding carboxylic acids is 1. The van der Waals surface area contributed by atoms with Crippen LogP contribution < -0.4 is 0 Å². The Balaban J connectivity index is 2.64. The average Bonchev–Trinajstić information content (AvgIpc) is 2.08. The van der Waals surface area contributed by atoms with Gasteiger partial charge in [-0.2, -0.15) is 0 Å². The highest BCUT2D eigenvalue weighted by atomic mass is 79.9. The molecule has 0 spiro atoms. The number of rotatable bonds is 3. The maximum atomic E-state index is 10.6. The summed E-state index contributed by atoms with van der Waals surface area (Å²) < 4.78 is 1.000. The minimum Gasteiger partial charge on any atom is -0.280 e. The van der Waals surface area contributed by atoms with E-state index >= 15 is 0 Å². The van der Waals surface area contributed by atoms with E-state index in [2.05, 4.69) is 15.9 Å². The molecular formula is C9H7BrCl2O. The van der Waals surface area contributed by atoms with Crippen LogP contribution in [-0.4, -0.2) is 10.6 Å². The molecule has 0 fully saturated rings. The minimum atomic E-state index is -0.636. The summed E-state index contributed by atoms with van der Waals surface area (Å²) in [6.07, 6.45) is 0.469. The van der Waals surface area contributed by atoms with Crippen LogP contribution in [0.4, 0.5) is 0 Å². The highest BCUT2D eigenvalue weighted by Gasteiger charge is 2.12. The van der Waals surface area contributed by atoms with Crippen molar-refractivity contribution in [1.82, 2.24) is 0 Å². The van der Waals surface area contributed by atoms with Crippen molar-refractivity contribution in [3.63, 3.8) is 0 Å². The molecule has 0 aliphatic carbocycles. The van der Waals surface area contributed by atoms with Gasteiger partial charge >= 0.3 is 0 Å². The van der Waals surface area contributed by atoms with Gasteiger partial charge in [-0.15, -0.1) is 11.6 Å². The molecule has 0 bridgehead atoms. The Bertz CT molecular complexity index is 297. The molecule has 70 valence electrons. The Hall–Kier alpha value is -0.0500. The maximum Gasteiger partial charge on any atom is 0.239 e. The first-order valence-corrected chi connectivity index (χ1v) is 5.28. The van der Waals surface area contributed by atoms with E-state index < -0.39 is 10.6 Å². The van der Waals surface area contributed by atoms with E-state index in [1.807, 2.05) is 24.3 Å². The molecule has 0 aliphatic heterocycles. The van der Waals surface area contributed by atoms with Crippen molar-refractivity contribution in [1.29, 1.82) is 0 Å². The third-order valence-corrected chi connectivity index (χ3v) is 2.83. The van der Waals surface area contributed by atoms with Crippen molar-refractivity contribution < 1.29 is 4.79 Å². The summed E-state index contributed by atoms with van der Waals surface area (Å²) in [5, 5.41) is -1.15. The zero-order valence-corrected chi connectivity index (χ0v) is 9.73. The summed E-state index contributed by atoms with van der Waals surface area (Å²) in [7, 11) is 0. The van der Waals surface area contributed by atoms with Gasteiger partial charge in [0, 0.05) is 4.47 Å². The fraction of sp³-hybridized carbons (Fsp3) is 0.222. The van der Waals surface area contributed by atoms with Gasteiger partial charge in [0.1, 0.15) is 5.38 Å². The molecule has 0 amide bonds. The van der Waals surface area contributed by atoms with Gasteiger partial charge in [0.2, 0.25) is 5.24 Å². The van der Waals surface area contributed by atoms with Crippen LogP contribution in [0.15, 0.2) is 28.7 Å². The lowest BCUT2D eigenvalue weighted by Gasteiger charge is -2.03. The van der Waals surface area contributed by atoms with Crippen molar-refractivity contribution in [2.45, 2.75) is 11.8 Å². The van der Waals surface area contributed by atoms with Gasteiger partial charge < -0.3 is 0 Å². The van der Waals surface area contributed by atoms with E-state index in [1.165, 1.54) is 0 Å². The van der Waals surface area contributed by atoms with Gasteiger partial charge in [-0.05, 0) is 35.7 Å². The fourth-order valence-corrected chi connectivity index (χ4v) is 1.43. The van der Waals surface area contributed by atoms with Crippen molar-refractivity contribution in [2.75, 3.05) is 0 Å². The summed E-state index contributed by atoms with van der Waals surface area (Å²) in [6, 6.07) is 7.61. The molecule has 0 saturated carbocycles. The number of hydrogen-bond acceptors (Lipinski definition) is 1. The summed E-state index contributed by atoms with van der Waals surface area (Å²) in [6.45, 7) is 0. The van der Waals surface area contributed by atoms with Gasteiger partial charge in [-0.1, -0.05) is 28.1 Å². The van der Waals surface area contributed by atoms with Crippen molar-refractivity contribution in [3.05, 3.63) is 34.3 Å². The quantitative estimate of drug-likeness (QED) is 0.613. The van der Waals surface area contributed by atoms with Crippen LogP contribution in [0.5, 0.6) is 0 Å². The molecule has 0 aliphatic rings. The van der Waals surface area contributed by atoms with E-state index in [4.69, 9.17) is 23.2 Å². The molecule has 1 unspecified atom stereocenters. The maximum absolute atomic E-state index is 10.6. The largest absolute Gasteiger partial charge is 0.280 e. The van der Waals surface area contributed by atoms with Gasteiger partial charge in [0.15, 0.2) is 0 Å². The van der Waals surface area contributed by atoms with Crippen LogP contribution in [0.2, 0.25) is 0 Å². The predicted octanol–water partition coefficient (Wildman–Crippen LogP) is 3.36. The normalized spacial score (nSPS) is 12.5. The first-order valence-electron chi connectivity index (χ1n) is 3.67. The Morgan fingerprint density at radius 3 is 2.38 bits per heavy atom. The lowest BCUT2D eigenvalue weighted by atomic mass is 10.1. The van der Waals surface area contributed by atoms with Crippen LogP contribution in [0.3, 0.4) is 0 Å². The van der Waals surface area contributed by atoms with E-state index in [0.717, 1.165) is 10.0 Å². The van der Waals surface area contributed by atoms with Crippen molar-refractivity contribution in [3.8, 4) is 0 Å². The summed E-state index contributed by atoms with van der Waals surface area (Å²) >= 11 is 14.2. The number of carbonyl (C=O) groups is 1. The molecule has 1 rings (SSSR count). The SMILES string of the molecule is O=C(Cl)C(Cl)Cc1ccc(Br)cc1. The van der Waals surface area contributed by atoms with Crippen LogP contribution in [-0.2, 0) is 11.2 Å². The number of alkyl halides is 1. The Morgan fingerprint density at radius 1 is 1.38 bits per heavy atom. The summed E-state index contributed by atoms with van der Waals surface area (Å²) in [5.41, 5.74) is 0.997. The lowest BCUT2D eigenvalue weighted by Crippen LogP contribution is -2.10. The third-order valence-electron chi connectivity index (χ3n) is 1.57. The average molecular weight is 282 g/mol. The van der Waals surface area contributed by atoms with E-state index in [1.54, 1.807) is 0 Å². The highest BCUT2D eigenvalue weighted by molar-refractivity contribution is 9.10. The number of benzene rings is 1. The molecule has 0 saturated heterocycles. The summed E-state index contributed by atoms with van der Waals surface area (Å²) in [5.74, 6) is 0. The molecule has 0 radical (unpaired) electrons. The summed E-state index contributed by atoms with van der Waals surface area (Å²) in [4.78, 5) is 10.6. The van der Waals surface area contributed by atoms with E-state index in [9.17, 15) is 4.79 Å². The molecule has 1 aromatic carbocycles. The van der Waals surface area contributed by atoms with Crippen LogP contribution in [0, 0.1) is 0 Å². The van der Waals surface area contributed by atoms with Crippen molar-refractivity contribution in [2.24, 2.45) is 0 Å². The lowest BCUT2D eigenvalue weighted by molar-refractivity contribution is -0.111. The Kier molecular flexibility index (Phi) is 4.23. The zero-order chi connectivity index (χ0) is 9.84. The van der Waals surface area contributed by atoms with Crippen LogP contribution >= 0.6 is 39.1 Å². The molecule has 1 nitrogen and oxygen atoms in total. The molecule has 1 atom stereocenters. The third kappa shape index (κ3) is 3.67. The first-order chi connectivity index (χ1) is 6.09. The highest BCUT2D eigenvalue weighted by Crippen LogP contribution is 2.14. The molecule has 4 heteroatoms. The van der Waals surface area contributed by atoms with Gasteiger partial charge in [0.25, 0.3) is 0 Å². The van der Waals surface area contributed by atoms with Gasteiger partial charge in [-0.3, -0.25) is 4.79 Å². The number of halogens is 3. The van der Waals surface area contributed by atoms with Gasteiger partial charge in [-0.25, -0.2) is 0 Å². The monoisotopic (exact) mass is 280 g/mol. The predicted molar refractivity (Wildman–Crippen MR) is 58.3 cm³/mol. The second-order valence-corrected chi connectivity index (χ2v) is 4.42. The van der Waals surface area contributed by atoms with Gasteiger partial charge in [0.05, 0.1) is 0 Å². The molecule has 1 aromatic rings. The Morgan fingerprint density at radius 2 is 1.92 bits per heavy atom. The van der Waals surface area contributed by atoms with E-state index in [0.29, 0.717) is 6.42 Å². The Labute approximate surface area is 95.2 Å². The fourth-order valence-electron chi connectivity index (χ4n) is 0.908. The van der Waals surface area contributed by atoms with E-state index in [-0.39, 0.29) is 0 Å². The molecule has 0 heterocycles. The van der Waals surface area contributed by atoms with Crippen molar-refractivity contribution >= 4 is 44.4 Å². The zero-order valence-electron chi connectivity index (χ0n) is 6.64. The van der Waals surface area contributed by atoms with Crippen LogP contribution in [0.1, 0.15) is 5.56 Å². The first kappa shape index (κ1) is 11.0. The smallest absolute Gasteiger partial charge is 0.239 e. The molecule has 0 N–H and O–H groups in total. The molecule has 0 aromatic heterocycles.